The number of nitriles is 1. The van der Waals surface area contributed by atoms with E-state index in [4.69, 9.17) is 5.26 Å². The Labute approximate surface area is 111 Å². The fourth-order valence-electron chi connectivity index (χ4n) is 1.68. The molecule has 0 radical (unpaired) electrons. The highest BCUT2D eigenvalue weighted by atomic mass is 79.9. The first-order valence-corrected chi connectivity index (χ1v) is 6.66. The van der Waals surface area contributed by atoms with E-state index < -0.39 is 5.92 Å². The van der Waals surface area contributed by atoms with Crippen LogP contribution in [0.15, 0.2) is 28.7 Å². The molecule has 0 spiro atoms. The van der Waals surface area contributed by atoms with Crippen molar-refractivity contribution < 1.29 is 4.79 Å². The molecule has 1 rings (SSSR count). The molecular weight excluding hydrogens is 278 g/mol. The molecule has 0 N–H and O–H groups in total. The van der Waals surface area contributed by atoms with Crippen LogP contribution in [-0.4, -0.2) is 5.78 Å². The number of rotatable bonds is 6. The third-order valence-electron chi connectivity index (χ3n) is 2.68. The lowest BCUT2D eigenvalue weighted by molar-refractivity contribution is -0.119. The maximum Gasteiger partial charge on any atom is 0.154 e. The third kappa shape index (κ3) is 4.32. The standard InChI is InChI=1S/C14H16BrNO/c1-2-3-4-5-14(17)13(10-16)11-6-8-12(15)9-7-11/h6-9,13H,2-5H2,1H3. The summed E-state index contributed by atoms with van der Waals surface area (Å²) in [6.45, 7) is 2.10. The van der Waals surface area contributed by atoms with Gasteiger partial charge >= 0.3 is 0 Å². The average molecular weight is 294 g/mol. The highest BCUT2D eigenvalue weighted by Crippen LogP contribution is 2.21. The van der Waals surface area contributed by atoms with Gasteiger partial charge in [0.15, 0.2) is 5.78 Å². The molecular formula is C14H16BrNO. The van der Waals surface area contributed by atoms with Crippen LogP contribution in [0, 0.1) is 11.3 Å². The van der Waals surface area contributed by atoms with Crippen molar-refractivity contribution in [2.24, 2.45) is 0 Å². The molecule has 90 valence electrons. The van der Waals surface area contributed by atoms with Crippen molar-refractivity contribution in [1.29, 1.82) is 5.26 Å². The van der Waals surface area contributed by atoms with Gasteiger partial charge in [0.2, 0.25) is 0 Å². The van der Waals surface area contributed by atoms with E-state index in [9.17, 15) is 4.79 Å². The van der Waals surface area contributed by atoms with Crippen molar-refractivity contribution in [3.63, 3.8) is 0 Å². The number of carbonyl (C=O) groups excluding carboxylic acids is 1. The van der Waals surface area contributed by atoms with E-state index in [1.54, 1.807) is 0 Å². The fraction of sp³-hybridized carbons (Fsp3) is 0.429. The van der Waals surface area contributed by atoms with E-state index >= 15 is 0 Å². The summed E-state index contributed by atoms with van der Waals surface area (Å²) in [6, 6.07) is 9.48. The van der Waals surface area contributed by atoms with Gasteiger partial charge < -0.3 is 0 Å². The Balaban J connectivity index is 2.68. The molecule has 1 aromatic carbocycles. The number of nitrogens with zero attached hydrogens (tertiary/aromatic N) is 1. The lowest BCUT2D eigenvalue weighted by Crippen LogP contribution is -2.10. The van der Waals surface area contributed by atoms with Crippen molar-refractivity contribution >= 4 is 21.7 Å². The molecule has 0 aliphatic heterocycles. The van der Waals surface area contributed by atoms with Crippen molar-refractivity contribution in [3.05, 3.63) is 34.3 Å². The molecule has 17 heavy (non-hydrogen) atoms. The van der Waals surface area contributed by atoms with Crippen molar-refractivity contribution in [1.82, 2.24) is 0 Å². The van der Waals surface area contributed by atoms with Crippen LogP contribution in [0.4, 0.5) is 0 Å². The maximum absolute atomic E-state index is 11.9. The van der Waals surface area contributed by atoms with Gasteiger partial charge in [-0.2, -0.15) is 5.26 Å². The van der Waals surface area contributed by atoms with E-state index in [0.29, 0.717) is 6.42 Å². The van der Waals surface area contributed by atoms with Crippen LogP contribution in [0.3, 0.4) is 0 Å². The van der Waals surface area contributed by atoms with Crippen LogP contribution in [0.5, 0.6) is 0 Å². The number of halogens is 1. The second-order valence-corrected chi connectivity index (χ2v) is 4.95. The summed E-state index contributed by atoms with van der Waals surface area (Å²) in [5.74, 6) is -0.580. The quantitative estimate of drug-likeness (QED) is 0.737. The number of carbonyl (C=O) groups is 1. The Hall–Kier alpha value is -1.14. The van der Waals surface area contributed by atoms with Crippen molar-refractivity contribution in [3.8, 4) is 6.07 Å². The Kier molecular flexibility index (Phi) is 5.93. The van der Waals surface area contributed by atoms with E-state index in [0.717, 1.165) is 29.3 Å². The summed E-state index contributed by atoms with van der Waals surface area (Å²) < 4.78 is 0.955. The average Bonchev–Trinajstić information content (AvgIpc) is 2.33. The molecule has 1 unspecified atom stereocenters. The molecule has 0 saturated heterocycles. The van der Waals surface area contributed by atoms with Crippen molar-refractivity contribution in [2.75, 3.05) is 0 Å². The lowest BCUT2D eigenvalue weighted by Gasteiger charge is -2.08. The zero-order valence-electron chi connectivity index (χ0n) is 9.95. The van der Waals surface area contributed by atoms with Gasteiger partial charge in [-0.3, -0.25) is 4.79 Å². The number of hydrogen-bond acceptors (Lipinski definition) is 2. The molecule has 3 heteroatoms. The van der Waals surface area contributed by atoms with Crippen LogP contribution in [0.25, 0.3) is 0 Å². The predicted octanol–water partition coefficient (Wildman–Crippen LogP) is 4.21. The van der Waals surface area contributed by atoms with E-state index in [-0.39, 0.29) is 5.78 Å². The Bertz CT molecular complexity index is 405. The maximum atomic E-state index is 11.9. The largest absolute Gasteiger partial charge is 0.298 e. The van der Waals surface area contributed by atoms with Gasteiger partial charge in [0.1, 0.15) is 5.92 Å². The molecule has 1 atom stereocenters. The molecule has 2 nitrogen and oxygen atoms in total. The van der Waals surface area contributed by atoms with Crippen LogP contribution in [0.1, 0.15) is 44.1 Å². The van der Waals surface area contributed by atoms with E-state index in [2.05, 4.69) is 28.9 Å². The number of Topliss-reactive ketones (excluding diaryl/α,β-unsaturated/α-hetero) is 1. The molecule has 0 heterocycles. The minimum atomic E-state index is -0.611. The molecule has 0 fully saturated rings. The number of hydrogen-bond donors (Lipinski definition) is 0. The third-order valence-corrected chi connectivity index (χ3v) is 3.21. The smallest absolute Gasteiger partial charge is 0.154 e. The molecule has 1 aromatic rings. The molecule has 0 amide bonds. The van der Waals surface area contributed by atoms with Gasteiger partial charge in [-0.05, 0) is 24.1 Å². The Morgan fingerprint density at radius 2 is 2.00 bits per heavy atom. The first-order valence-electron chi connectivity index (χ1n) is 5.86. The summed E-state index contributed by atoms with van der Waals surface area (Å²) in [5, 5.41) is 9.09. The fourth-order valence-corrected chi connectivity index (χ4v) is 1.95. The zero-order valence-corrected chi connectivity index (χ0v) is 11.5. The summed E-state index contributed by atoms with van der Waals surface area (Å²) in [5.41, 5.74) is 0.789. The SMILES string of the molecule is CCCCCC(=O)C(C#N)c1ccc(Br)cc1. The highest BCUT2D eigenvalue weighted by molar-refractivity contribution is 9.10. The van der Waals surface area contributed by atoms with E-state index in [1.165, 1.54) is 0 Å². The normalized spacial score (nSPS) is 11.8. The minimum Gasteiger partial charge on any atom is -0.298 e. The number of benzene rings is 1. The van der Waals surface area contributed by atoms with Gasteiger partial charge in [-0.25, -0.2) is 0 Å². The number of unbranched alkanes of at least 4 members (excludes halogenated alkanes) is 2. The molecule has 0 aromatic heterocycles. The summed E-state index contributed by atoms with van der Waals surface area (Å²) in [7, 11) is 0. The van der Waals surface area contributed by atoms with Crippen LogP contribution >= 0.6 is 15.9 Å². The first kappa shape index (κ1) is 13.9. The summed E-state index contributed by atoms with van der Waals surface area (Å²) in [6.07, 6.45) is 3.51. The van der Waals surface area contributed by atoms with Crippen LogP contribution in [0.2, 0.25) is 0 Å². The van der Waals surface area contributed by atoms with Gasteiger partial charge in [0, 0.05) is 10.9 Å². The summed E-state index contributed by atoms with van der Waals surface area (Å²) in [4.78, 5) is 11.9. The zero-order chi connectivity index (χ0) is 12.7. The Morgan fingerprint density at radius 1 is 1.35 bits per heavy atom. The van der Waals surface area contributed by atoms with Crippen LogP contribution < -0.4 is 0 Å². The highest BCUT2D eigenvalue weighted by Gasteiger charge is 2.19. The first-order chi connectivity index (χ1) is 8.19. The van der Waals surface area contributed by atoms with Crippen LogP contribution in [-0.2, 0) is 4.79 Å². The minimum absolute atomic E-state index is 0.0308. The van der Waals surface area contributed by atoms with Gasteiger partial charge in [-0.15, -0.1) is 0 Å². The lowest BCUT2D eigenvalue weighted by atomic mass is 9.93. The predicted molar refractivity (Wildman–Crippen MR) is 71.6 cm³/mol. The van der Waals surface area contributed by atoms with Gasteiger partial charge in [-0.1, -0.05) is 47.8 Å². The second kappa shape index (κ2) is 7.24. The monoisotopic (exact) mass is 293 g/mol. The summed E-state index contributed by atoms with van der Waals surface area (Å²) >= 11 is 3.34. The molecule has 0 saturated carbocycles. The van der Waals surface area contributed by atoms with E-state index in [1.807, 2.05) is 24.3 Å². The molecule has 0 bridgehead atoms. The molecule has 0 aliphatic carbocycles. The second-order valence-electron chi connectivity index (χ2n) is 4.04. The Morgan fingerprint density at radius 3 is 2.53 bits per heavy atom. The molecule has 0 aliphatic rings. The van der Waals surface area contributed by atoms with Crippen molar-refractivity contribution in [2.45, 2.75) is 38.5 Å². The topological polar surface area (TPSA) is 40.9 Å². The number of ketones is 1. The van der Waals surface area contributed by atoms with Gasteiger partial charge in [0.05, 0.1) is 6.07 Å². The van der Waals surface area contributed by atoms with Gasteiger partial charge in [0.25, 0.3) is 0 Å².